The van der Waals surface area contributed by atoms with Gasteiger partial charge in [-0.25, -0.2) is 0 Å². The molecule has 0 atom stereocenters. The van der Waals surface area contributed by atoms with Crippen LogP contribution in [0.1, 0.15) is 13.8 Å². The third-order valence-corrected chi connectivity index (χ3v) is 1.07. The Kier molecular flexibility index (Phi) is 3.77. The zero-order valence-corrected chi connectivity index (χ0v) is 7.63. The number of hydrogen-bond acceptors (Lipinski definition) is 3. The van der Waals surface area contributed by atoms with Crippen molar-refractivity contribution in [2.45, 2.75) is 13.8 Å². The Morgan fingerprint density at radius 1 is 1.55 bits per heavy atom. The minimum atomic E-state index is -0.435. The van der Waals surface area contributed by atoms with Crippen LogP contribution in [0, 0.1) is 16.7 Å². The maximum atomic E-state index is 8.60. The van der Waals surface area contributed by atoms with Crippen molar-refractivity contribution in [1.82, 2.24) is 4.90 Å². The molecule has 0 rings (SSSR count). The number of nitrogens with zero attached hydrogens (tertiary/aromatic N) is 3. The Labute approximate surface area is 68.3 Å². The van der Waals surface area contributed by atoms with Crippen LogP contribution < -0.4 is 0 Å². The quantitative estimate of drug-likeness (QED) is 0.570. The smallest absolute Gasteiger partial charge is 0.0901 e. The lowest BCUT2D eigenvalue weighted by atomic mass is 9.98. The zero-order valence-electron chi connectivity index (χ0n) is 7.63. The molecule has 0 aromatic heterocycles. The van der Waals surface area contributed by atoms with Gasteiger partial charge in [-0.05, 0) is 27.9 Å². The lowest BCUT2D eigenvalue weighted by Crippen LogP contribution is -2.14. The van der Waals surface area contributed by atoms with Gasteiger partial charge in [0.15, 0.2) is 0 Å². The van der Waals surface area contributed by atoms with E-state index in [1.807, 2.05) is 32.8 Å². The average molecular weight is 153 g/mol. The molecule has 0 aliphatic rings. The molecule has 3 heteroatoms. The monoisotopic (exact) mass is 153 g/mol. The van der Waals surface area contributed by atoms with E-state index in [2.05, 4.69) is 11.1 Å². The van der Waals surface area contributed by atoms with Gasteiger partial charge in [0, 0.05) is 6.21 Å². The van der Waals surface area contributed by atoms with Crippen molar-refractivity contribution in [2.75, 3.05) is 20.8 Å². The summed E-state index contributed by atoms with van der Waals surface area (Å²) in [6.45, 7) is 4.32. The third-order valence-electron chi connectivity index (χ3n) is 1.07. The van der Waals surface area contributed by atoms with E-state index in [1.54, 1.807) is 6.21 Å². The van der Waals surface area contributed by atoms with E-state index in [-0.39, 0.29) is 0 Å². The molecule has 11 heavy (non-hydrogen) atoms. The Balaban J connectivity index is 3.85. The second kappa shape index (κ2) is 4.09. The Morgan fingerprint density at radius 2 is 2.09 bits per heavy atom. The second-order valence-corrected chi connectivity index (χ2v) is 3.37. The summed E-state index contributed by atoms with van der Waals surface area (Å²) in [6, 6.07) is 2.15. The van der Waals surface area contributed by atoms with Crippen LogP contribution >= 0.6 is 0 Å². The first kappa shape index (κ1) is 10.1. The first-order chi connectivity index (χ1) is 4.98. The van der Waals surface area contributed by atoms with Gasteiger partial charge in [-0.3, -0.25) is 9.89 Å². The van der Waals surface area contributed by atoms with E-state index in [0.29, 0.717) is 6.67 Å². The zero-order chi connectivity index (χ0) is 8.91. The highest BCUT2D eigenvalue weighted by Gasteiger charge is 2.11. The fraction of sp³-hybridized carbons (Fsp3) is 0.750. The van der Waals surface area contributed by atoms with E-state index in [9.17, 15) is 0 Å². The molecular weight excluding hydrogens is 138 g/mol. The van der Waals surface area contributed by atoms with Crippen LogP contribution in [0.5, 0.6) is 0 Å². The lowest BCUT2D eigenvalue weighted by molar-refractivity contribution is 0.423. The third kappa shape index (κ3) is 5.56. The van der Waals surface area contributed by atoms with Crippen LogP contribution in [-0.2, 0) is 0 Å². The average Bonchev–Trinajstić information content (AvgIpc) is 1.87. The van der Waals surface area contributed by atoms with Crippen LogP contribution in [0.3, 0.4) is 0 Å². The molecular formula is C8H15N3. The Hall–Kier alpha value is -0.880. The predicted octanol–water partition coefficient (Wildman–Crippen LogP) is 1.13. The van der Waals surface area contributed by atoms with Gasteiger partial charge in [0.1, 0.15) is 0 Å². The molecule has 0 radical (unpaired) electrons. The summed E-state index contributed by atoms with van der Waals surface area (Å²) in [6.07, 6.45) is 1.69. The fourth-order valence-electron chi connectivity index (χ4n) is 0.461. The van der Waals surface area contributed by atoms with Crippen LogP contribution in [-0.4, -0.2) is 31.9 Å². The summed E-state index contributed by atoms with van der Waals surface area (Å²) in [5.74, 6) is 0. The number of rotatable bonds is 3. The maximum absolute atomic E-state index is 8.60. The molecule has 0 heterocycles. The summed E-state index contributed by atoms with van der Waals surface area (Å²) in [7, 11) is 3.88. The van der Waals surface area contributed by atoms with E-state index in [0.717, 1.165) is 0 Å². The summed E-state index contributed by atoms with van der Waals surface area (Å²) < 4.78 is 0. The maximum Gasteiger partial charge on any atom is 0.0901 e. The number of aliphatic imine (C=N–C) groups is 1. The summed E-state index contributed by atoms with van der Waals surface area (Å²) in [5.41, 5.74) is -0.435. The van der Waals surface area contributed by atoms with Gasteiger partial charge in [-0.2, -0.15) is 5.26 Å². The van der Waals surface area contributed by atoms with Crippen molar-refractivity contribution in [1.29, 1.82) is 5.26 Å². The second-order valence-electron chi connectivity index (χ2n) is 3.37. The highest BCUT2D eigenvalue weighted by Crippen LogP contribution is 2.08. The molecule has 0 aliphatic carbocycles. The SMILES string of the molecule is CN(C)CN=CC(C)(C)C#N. The molecule has 0 aromatic carbocycles. The molecule has 3 nitrogen and oxygen atoms in total. The molecule has 0 N–H and O–H groups in total. The van der Waals surface area contributed by atoms with Crippen molar-refractivity contribution in [3.63, 3.8) is 0 Å². The van der Waals surface area contributed by atoms with Gasteiger partial charge < -0.3 is 0 Å². The molecule has 0 aliphatic heterocycles. The van der Waals surface area contributed by atoms with Crippen molar-refractivity contribution in [3.05, 3.63) is 0 Å². The molecule has 0 spiro atoms. The van der Waals surface area contributed by atoms with Gasteiger partial charge in [-0.1, -0.05) is 0 Å². The van der Waals surface area contributed by atoms with Crippen LogP contribution in [0.2, 0.25) is 0 Å². The normalized spacial score (nSPS) is 12.4. The van der Waals surface area contributed by atoms with Gasteiger partial charge in [0.25, 0.3) is 0 Å². The molecule has 0 amide bonds. The summed E-state index contributed by atoms with van der Waals surface area (Å²) in [5, 5.41) is 8.60. The first-order valence-electron chi connectivity index (χ1n) is 3.55. The largest absolute Gasteiger partial charge is 0.291 e. The molecule has 0 bridgehead atoms. The lowest BCUT2D eigenvalue weighted by Gasteiger charge is -2.08. The van der Waals surface area contributed by atoms with E-state index < -0.39 is 5.41 Å². The van der Waals surface area contributed by atoms with Crippen LogP contribution in [0.4, 0.5) is 0 Å². The van der Waals surface area contributed by atoms with Crippen LogP contribution in [0.15, 0.2) is 4.99 Å². The van der Waals surface area contributed by atoms with Crippen molar-refractivity contribution >= 4 is 6.21 Å². The molecule has 0 unspecified atom stereocenters. The summed E-state index contributed by atoms with van der Waals surface area (Å²) >= 11 is 0. The van der Waals surface area contributed by atoms with Crippen molar-refractivity contribution in [3.8, 4) is 6.07 Å². The van der Waals surface area contributed by atoms with E-state index in [4.69, 9.17) is 5.26 Å². The van der Waals surface area contributed by atoms with E-state index >= 15 is 0 Å². The molecule has 0 saturated carbocycles. The summed E-state index contributed by atoms with van der Waals surface area (Å²) in [4.78, 5) is 6.04. The van der Waals surface area contributed by atoms with Gasteiger partial charge >= 0.3 is 0 Å². The minimum Gasteiger partial charge on any atom is -0.291 e. The minimum absolute atomic E-state index is 0.435. The van der Waals surface area contributed by atoms with Gasteiger partial charge in [0.05, 0.1) is 18.2 Å². The Morgan fingerprint density at radius 3 is 2.45 bits per heavy atom. The van der Waals surface area contributed by atoms with Gasteiger partial charge in [0.2, 0.25) is 0 Å². The topological polar surface area (TPSA) is 39.4 Å². The van der Waals surface area contributed by atoms with Crippen molar-refractivity contribution in [2.24, 2.45) is 10.4 Å². The highest BCUT2D eigenvalue weighted by molar-refractivity contribution is 5.68. The molecule has 0 fully saturated rings. The van der Waals surface area contributed by atoms with Crippen LogP contribution in [0.25, 0.3) is 0 Å². The van der Waals surface area contributed by atoms with Gasteiger partial charge in [-0.15, -0.1) is 0 Å². The Bertz CT molecular complexity index is 174. The number of nitriles is 1. The highest BCUT2D eigenvalue weighted by atomic mass is 15.1. The standard InChI is InChI=1S/C8H15N3/c1-8(2,5-9)6-10-7-11(3)4/h6H,7H2,1-4H3. The molecule has 62 valence electrons. The number of hydrogen-bond donors (Lipinski definition) is 0. The molecule has 0 aromatic rings. The predicted molar refractivity (Wildman–Crippen MR) is 46.4 cm³/mol. The first-order valence-corrected chi connectivity index (χ1v) is 3.55. The fourth-order valence-corrected chi connectivity index (χ4v) is 0.461. The van der Waals surface area contributed by atoms with E-state index in [1.165, 1.54) is 0 Å². The molecule has 0 saturated heterocycles. The van der Waals surface area contributed by atoms with Crippen molar-refractivity contribution < 1.29 is 0 Å².